The third kappa shape index (κ3) is 1.47. The summed E-state index contributed by atoms with van der Waals surface area (Å²) in [5.41, 5.74) is 0. The highest BCUT2D eigenvalue weighted by atomic mass is 14.3. The van der Waals surface area contributed by atoms with E-state index in [0.29, 0.717) is 0 Å². The minimum atomic E-state index is 0.755. The van der Waals surface area contributed by atoms with Crippen LogP contribution in [0.15, 0.2) is 0 Å². The van der Waals surface area contributed by atoms with E-state index >= 15 is 0 Å². The first-order chi connectivity index (χ1) is 4.22. The van der Waals surface area contributed by atoms with Gasteiger partial charge in [-0.1, -0.05) is 26.7 Å². The Morgan fingerprint density at radius 3 is 2.22 bits per heavy atom. The first kappa shape index (κ1) is 7.11. The number of hydrogen-bond donors (Lipinski definition) is 0. The van der Waals surface area contributed by atoms with Gasteiger partial charge < -0.3 is 0 Å². The molecule has 0 heterocycles. The first-order valence-corrected chi connectivity index (χ1v) is 4.05. The quantitative estimate of drug-likeness (QED) is 0.505. The standard InChI is InChI=1S/C9H17/c1-7(2)9-6-4-5-8(9)3/h7-9H,3-6H2,1-2H3. The molecule has 9 heavy (non-hydrogen) atoms. The second-order valence-corrected chi connectivity index (χ2v) is 3.60. The van der Waals surface area contributed by atoms with Gasteiger partial charge in [-0.25, -0.2) is 0 Å². The molecule has 0 nitrogen and oxygen atoms in total. The molecule has 1 aliphatic carbocycles. The lowest BCUT2D eigenvalue weighted by Crippen LogP contribution is -2.10. The van der Waals surface area contributed by atoms with Crippen molar-refractivity contribution in [1.29, 1.82) is 0 Å². The molecule has 2 unspecified atom stereocenters. The Morgan fingerprint density at radius 1 is 1.33 bits per heavy atom. The summed E-state index contributed by atoms with van der Waals surface area (Å²) in [5, 5.41) is 0. The van der Waals surface area contributed by atoms with Crippen molar-refractivity contribution >= 4 is 0 Å². The molecular formula is C9H17. The number of hydrogen-bond acceptors (Lipinski definition) is 0. The van der Waals surface area contributed by atoms with Crippen LogP contribution in [0.4, 0.5) is 0 Å². The van der Waals surface area contributed by atoms with Crippen LogP contribution in [-0.2, 0) is 0 Å². The normalized spacial score (nSPS) is 36.0. The highest BCUT2D eigenvalue weighted by Crippen LogP contribution is 2.35. The van der Waals surface area contributed by atoms with Crippen molar-refractivity contribution < 1.29 is 0 Å². The van der Waals surface area contributed by atoms with Gasteiger partial charge in [0.1, 0.15) is 0 Å². The lowest BCUT2D eigenvalue weighted by molar-refractivity contribution is 0.337. The van der Waals surface area contributed by atoms with E-state index in [0.717, 1.165) is 17.8 Å². The lowest BCUT2D eigenvalue weighted by atomic mass is 9.87. The van der Waals surface area contributed by atoms with Gasteiger partial charge in [-0.2, -0.15) is 0 Å². The molecule has 0 bridgehead atoms. The van der Waals surface area contributed by atoms with Crippen LogP contribution in [-0.4, -0.2) is 0 Å². The van der Waals surface area contributed by atoms with Gasteiger partial charge in [0, 0.05) is 0 Å². The molecule has 1 aliphatic rings. The molecule has 0 spiro atoms. The van der Waals surface area contributed by atoms with Crippen molar-refractivity contribution in [2.24, 2.45) is 17.8 Å². The summed E-state index contributed by atoms with van der Waals surface area (Å²) in [5.74, 6) is 2.53. The van der Waals surface area contributed by atoms with E-state index in [1.54, 1.807) is 0 Å². The Balaban J connectivity index is 2.40. The summed E-state index contributed by atoms with van der Waals surface area (Å²) in [7, 11) is 0. The fourth-order valence-corrected chi connectivity index (χ4v) is 1.94. The third-order valence-electron chi connectivity index (χ3n) is 2.57. The van der Waals surface area contributed by atoms with E-state index in [4.69, 9.17) is 0 Å². The molecule has 0 aromatic carbocycles. The van der Waals surface area contributed by atoms with E-state index in [-0.39, 0.29) is 0 Å². The zero-order chi connectivity index (χ0) is 6.85. The minimum absolute atomic E-state index is 0.755. The maximum atomic E-state index is 4.14. The van der Waals surface area contributed by atoms with Crippen molar-refractivity contribution in [1.82, 2.24) is 0 Å². The molecule has 0 aromatic heterocycles. The van der Waals surface area contributed by atoms with E-state index < -0.39 is 0 Å². The fourth-order valence-electron chi connectivity index (χ4n) is 1.94. The van der Waals surface area contributed by atoms with E-state index in [2.05, 4.69) is 20.8 Å². The number of rotatable bonds is 1. The van der Waals surface area contributed by atoms with Crippen molar-refractivity contribution in [3.8, 4) is 0 Å². The lowest BCUT2D eigenvalue weighted by Gasteiger charge is -2.18. The zero-order valence-electron chi connectivity index (χ0n) is 6.56. The first-order valence-electron chi connectivity index (χ1n) is 4.05. The van der Waals surface area contributed by atoms with Crippen molar-refractivity contribution in [3.05, 3.63) is 6.92 Å². The van der Waals surface area contributed by atoms with Gasteiger partial charge in [0.15, 0.2) is 0 Å². The predicted octanol–water partition coefficient (Wildman–Crippen LogP) is 2.89. The topological polar surface area (TPSA) is 0 Å². The third-order valence-corrected chi connectivity index (χ3v) is 2.57. The average molecular weight is 125 g/mol. The Hall–Kier alpha value is 0. The molecule has 0 aromatic rings. The van der Waals surface area contributed by atoms with E-state index in [1.165, 1.54) is 19.3 Å². The molecular weight excluding hydrogens is 108 g/mol. The Morgan fingerprint density at radius 2 is 2.00 bits per heavy atom. The molecule has 0 heteroatoms. The van der Waals surface area contributed by atoms with Gasteiger partial charge >= 0.3 is 0 Å². The monoisotopic (exact) mass is 125 g/mol. The van der Waals surface area contributed by atoms with E-state index in [1.807, 2.05) is 0 Å². The summed E-state index contributed by atoms with van der Waals surface area (Å²) < 4.78 is 0. The van der Waals surface area contributed by atoms with Crippen LogP contribution in [0.5, 0.6) is 0 Å². The maximum Gasteiger partial charge on any atom is -0.0363 e. The fraction of sp³-hybridized carbons (Fsp3) is 0.889. The van der Waals surface area contributed by atoms with Gasteiger partial charge in [0.2, 0.25) is 0 Å². The molecule has 0 aliphatic heterocycles. The van der Waals surface area contributed by atoms with Crippen LogP contribution >= 0.6 is 0 Å². The second kappa shape index (κ2) is 2.72. The summed E-state index contributed by atoms with van der Waals surface area (Å²) in [4.78, 5) is 0. The van der Waals surface area contributed by atoms with Gasteiger partial charge in [-0.05, 0) is 31.1 Å². The van der Waals surface area contributed by atoms with Gasteiger partial charge in [-0.15, -0.1) is 0 Å². The average Bonchev–Trinajstić information content (AvgIpc) is 2.13. The van der Waals surface area contributed by atoms with E-state index in [9.17, 15) is 0 Å². The molecule has 0 saturated heterocycles. The van der Waals surface area contributed by atoms with Gasteiger partial charge in [-0.3, -0.25) is 0 Å². The van der Waals surface area contributed by atoms with Crippen LogP contribution in [0.25, 0.3) is 0 Å². The molecule has 2 atom stereocenters. The molecule has 0 N–H and O–H groups in total. The summed E-state index contributed by atoms with van der Waals surface area (Å²) in [6.45, 7) is 8.77. The Bertz CT molecular complexity index is 84.0. The molecule has 1 fully saturated rings. The molecule has 1 rings (SSSR count). The van der Waals surface area contributed by atoms with Gasteiger partial charge in [0.05, 0.1) is 0 Å². The van der Waals surface area contributed by atoms with Crippen LogP contribution in [0.3, 0.4) is 0 Å². The smallest absolute Gasteiger partial charge is 0.0363 e. The highest BCUT2D eigenvalue weighted by Gasteiger charge is 2.25. The zero-order valence-corrected chi connectivity index (χ0v) is 6.56. The maximum absolute atomic E-state index is 4.14. The van der Waals surface area contributed by atoms with Crippen LogP contribution in [0.1, 0.15) is 33.1 Å². The minimum Gasteiger partial charge on any atom is -0.0625 e. The molecule has 53 valence electrons. The SMILES string of the molecule is [CH2]C1CCCC1C(C)C. The molecule has 0 amide bonds. The molecule has 1 saturated carbocycles. The summed E-state index contributed by atoms with van der Waals surface area (Å²) in [6, 6.07) is 0. The largest absolute Gasteiger partial charge is 0.0625 e. The summed E-state index contributed by atoms with van der Waals surface area (Å²) in [6.07, 6.45) is 4.20. The van der Waals surface area contributed by atoms with Crippen molar-refractivity contribution in [2.45, 2.75) is 33.1 Å². The van der Waals surface area contributed by atoms with Crippen LogP contribution in [0, 0.1) is 24.7 Å². The Kier molecular flexibility index (Phi) is 2.15. The van der Waals surface area contributed by atoms with Crippen molar-refractivity contribution in [2.75, 3.05) is 0 Å². The highest BCUT2D eigenvalue weighted by molar-refractivity contribution is 4.80. The second-order valence-electron chi connectivity index (χ2n) is 3.60. The van der Waals surface area contributed by atoms with Crippen molar-refractivity contribution in [3.63, 3.8) is 0 Å². The van der Waals surface area contributed by atoms with Crippen LogP contribution in [0.2, 0.25) is 0 Å². The molecule has 1 radical (unpaired) electrons. The van der Waals surface area contributed by atoms with Crippen LogP contribution < -0.4 is 0 Å². The predicted molar refractivity (Wildman–Crippen MR) is 41.0 cm³/mol. The summed E-state index contributed by atoms with van der Waals surface area (Å²) >= 11 is 0. The Labute approximate surface area is 58.7 Å². The van der Waals surface area contributed by atoms with Gasteiger partial charge in [0.25, 0.3) is 0 Å².